The van der Waals surface area contributed by atoms with Crippen molar-refractivity contribution >= 4 is 29.3 Å². The second-order valence-corrected chi connectivity index (χ2v) is 6.72. The van der Waals surface area contributed by atoms with E-state index in [9.17, 15) is 9.59 Å². The van der Waals surface area contributed by atoms with E-state index in [4.69, 9.17) is 21.1 Å². The minimum absolute atomic E-state index is 0.0891. The molecule has 0 heterocycles. The number of halogens is 1. The van der Waals surface area contributed by atoms with Crippen molar-refractivity contribution in [1.82, 2.24) is 4.90 Å². The first-order chi connectivity index (χ1) is 12.8. The minimum atomic E-state index is -0.492. The number of benzene rings is 2. The van der Waals surface area contributed by atoms with Gasteiger partial charge in [0.25, 0.3) is 0 Å². The number of hydrogen-bond donors (Lipinski definition) is 1. The molecule has 2 rings (SSSR count). The molecule has 0 aliphatic carbocycles. The highest BCUT2D eigenvalue weighted by molar-refractivity contribution is 6.30. The molecule has 27 heavy (non-hydrogen) atoms. The summed E-state index contributed by atoms with van der Waals surface area (Å²) in [6.45, 7) is 4.14. The Hall–Kier alpha value is -2.73. The number of methoxy groups -OCH3 is 1. The fraction of sp³-hybridized carbons (Fsp3) is 0.300. The Labute approximate surface area is 164 Å². The molecule has 0 radical (unpaired) electrons. The summed E-state index contributed by atoms with van der Waals surface area (Å²) >= 11 is 5.99. The van der Waals surface area contributed by atoms with Crippen LogP contribution in [0, 0.1) is 0 Å². The number of anilines is 1. The predicted molar refractivity (Wildman–Crippen MR) is 105 cm³/mol. The molecule has 2 amide bonds. The number of carbonyl (C=O) groups excluding carboxylic acids is 2. The minimum Gasteiger partial charge on any atom is -0.489 e. The van der Waals surface area contributed by atoms with Gasteiger partial charge in [0.15, 0.2) is 0 Å². The highest BCUT2D eigenvalue weighted by Crippen LogP contribution is 2.28. The van der Waals surface area contributed by atoms with Crippen LogP contribution in [0.25, 0.3) is 0 Å². The summed E-state index contributed by atoms with van der Waals surface area (Å²) in [4.78, 5) is 25.9. The lowest BCUT2D eigenvalue weighted by Gasteiger charge is -2.21. The Morgan fingerprint density at radius 3 is 2.56 bits per heavy atom. The van der Waals surface area contributed by atoms with Crippen LogP contribution in [0.15, 0.2) is 42.5 Å². The van der Waals surface area contributed by atoms with Gasteiger partial charge in [-0.2, -0.15) is 0 Å². The van der Waals surface area contributed by atoms with E-state index in [0.717, 1.165) is 5.56 Å². The number of nitrogens with one attached hydrogen (secondary N) is 1. The molecule has 2 aromatic carbocycles. The maximum absolute atomic E-state index is 12.6. The Morgan fingerprint density at radius 2 is 1.93 bits per heavy atom. The summed E-state index contributed by atoms with van der Waals surface area (Å²) in [6.07, 6.45) is -0.0891. The van der Waals surface area contributed by atoms with Crippen LogP contribution in [-0.4, -0.2) is 37.2 Å². The Balaban J connectivity index is 2.19. The molecule has 0 saturated carbocycles. The average Bonchev–Trinajstić information content (AvgIpc) is 2.62. The van der Waals surface area contributed by atoms with Gasteiger partial charge in [0.05, 0.1) is 24.5 Å². The van der Waals surface area contributed by atoms with Gasteiger partial charge in [-0.3, -0.25) is 0 Å². The van der Waals surface area contributed by atoms with Crippen molar-refractivity contribution in [3.8, 4) is 5.75 Å². The van der Waals surface area contributed by atoms with Crippen molar-refractivity contribution < 1.29 is 19.1 Å². The predicted octanol–water partition coefficient (Wildman–Crippen LogP) is 4.58. The molecule has 6 nitrogen and oxygen atoms in total. The van der Waals surface area contributed by atoms with Crippen LogP contribution in [-0.2, 0) is 11.3 Å². The number of amides is 2. The summed E-state index contributed by atoms with van der Waals surface area (Å²) in [7, 11) is 2.97. The van der Waals surface area contributed by atoms with Gasteiger partial charge in [0.1, 0.15) is 5.75 Å². The fourth-order valence-electron chi connectivity index (χ4n) is 2.42. The van der Waals surface area contributed by atoms with E-state index in [1.807, 2.05) is 26.0 Å². The molecule has 0 spiro atoms. The second kappa shape index (κ2) is 9.28. The maximum Gasteiger partial charge on any atom is 0.337 e. The van der Waals surface area contributed by atoms with E-state index < -0.39 is 5.97 Å². The Morgan fingerprint density at radius 1 is 1.19 bits per heavy atom. The first kappa shape index (κ1) is 20.6. The summed E-state index contributed by atoms with van der Waals surface area (Å²) in [5, 5.41) is 3.40. The lowest BCUT2D eigenvalue weighted by molar-refractivity contribution is 0.0600. The van der Waals surface area contributed by atoms with Gasteiger partial charge in [-0.15, -0.1) is 0 Å². The van der Waals surface area contributed by atoms with Crippen LogP contribution in [0.1, 0.15) is 29.8 Å². The second-order valence-electron chi connectivity index (χ2n) is 6.29. The van der Waals surface area contributed by atoms with Gasteiger partial charge >= 0.3 is 12.0 Å². The molecule has 0 bridgehead atoms. The van der Waals surface area contributed by atoms with Crippen LogP contribution in [0.4, 0.5) is 10.5 Å². The van der Waals surface area contributed by atoms with Crippen molar-refractivity contribution in [1.29, 1.82) is 0 Å². The maximum atomic E-state index is 12.6. The Bertz CT molecular complexity index is 823. The van der Waals surface area contributed by atoms with Crippen molar-refractivity contribution in [2.75, 3.05) is 19.5 Å². The lowest BCUT2D eigenvalue weighted by Crippen LogP contribution is -2.31. The largest absolute Gasteiger partial charge is 0.489 e. The van der Waals surface area contributed by atoms with E-state index >= 15 is 0 Å². The SMILES string of the molecule is COC(=O)c1ccc(OC(C)C)c(NC(=O)N(C)Cc2cccc(Cl)c2)c1. The van der Waals surface area contributed by atoms with Gasteiger partial charge in [-0.05, 0) is 49.7 Å². The van der Waals surface area contributed by atoms with Crippen LogP contribution in [0.3, 0.4) is 0 Å². The fourth-order valence-corrected chi connectivity index (χ4v) is 2.63. The number of nitrogens with zero attached hydrogens (tertiary/aromatic N) is 1. The first-order valence-electron chi connectivity index (χ1n) is 8.45. The molecule has 7 heteroatoms. The van der Waals surface area contributed by atoms with Crippen molar-refractivity contribution in [3.05, 3.63) is 58.6 Å². The van der Waals surface area contributed by atoms with Crippen LogP contribution in [0.5, 0.6) is 5.75 Å². The lowest BCUT2D eigenvalue weighted by atomic mass is 10.2. The standard InChI is InChI=1S/C20H23ClN2O4/c1-13(2)27-18-9-8-15(19(24)26-4)11-17(18)22-20(25)23(3)12-14-6-5-7-16(21)10-14/h5-11,13H,12H2,1-4H3,(H,22,25). The number of urea groups is 1. The van der Waals surface area contributed by atoms with Gasteiger partial charge in [0.2, 0.25) is 0 Å². The average molecular weight is 391 g/mol. The zero-order valence-electron chi connectivity index (χ0n) is 15.8. The number of carbonyl (C=O) groups is 2. The zero-order valence-corrected chi connectivity index (χ0v) is 16.5. The number of hydrogen-bond acceptors (Lipinski definition) is 4. The van der Waals surface area contributed by atoms with E-state index in [-0.39, 0.29) is 12.1 Å². The molecule has 1 N–H and O–H groups in total. The van der Waals surface area contributed by atoms with Gasteiger partial charge in [-0.1, -0.05) is 23.7 Å². The summed E-state index contributed by atoms with van der Waals surface area (Å²) in [5.41, 5.74) is 1.62. The third-order valence-electron chi connectivity index (χ3n) is 3.66. The van der Waals surface area contributed by atoms with Gasteiger partial charge in [-0.25, -0.2) is 9.59 Å². The molecule has 0 fully saturated rings. The zero-order chi connectivity index (χ0) is 20.0. The Kier molecular flexibility index (Phi) is 7.07. The van der Waals surface area contributed by atoms with E-state index in [0.29, 0.717) is 28.6 Å². The van der Waals surface area contributed by atoms with Crippen molar-refractivity contribution in [3.63, 3.8) is 0 Å². The van der Waals surface area contributed by atoms with Crippen molar-refractivity contribution in [2.45, 2.75) is 26.5 Å². The van der Waals surface area contributed by atoms with Crippen LogP contribution < -0.4 is 10.1 Å². The topological polar surface area (TPSA) is 67.9 Å². The summed E-state index contributed by atoms with van der Waals surface area (Å²) < 4.78 is 10.5. The molecule has 0 aliphatic rings. The number of esters is 1. The molecule has 0 atom stereocenters. The molecule has 144 valence electrons. The quantitative estimate of drug-likeness (QED) is 0.733. The molecule has 0 saturated heterocycles. The molecule has 0 aromatic heterocycles. The third-order valence-corrected chi connectivity index (χ3v) is 3.90. The molecule has 2 aromatic rings. The smallest absolute Gasteiger partial charge is 0.337 e. The van der Waals surface area contributed by atoms with Gasteiger partial charge in [0, 0.05) is 18.6 Å². The summed E-state index contributed by atoms with van der Waals surface area (Å²) in [5.74, 6) is -0.0176. The molecular weight excluding hydrogens is 368 g/mol. The normalized spacial score (nSPS) is 10.4. The highest BCUT2D eigenvalue weighted by atomic mass is 35.5. The monoisotopic (exact) mass is 390 g/mol. The number of rotatable bonds is 6. The van der Waals surface area contributed by atoms with Crippen LogP contribution >= 0.6 is 11.6 Å². The van der Waals surface area contributed by atoms with Gasteiger partial charge < -0.3 is 19.7 Å². The summed E-state index contributed by atoms with van der Waals surface area (Å²) in [6, 6.07) is 11.7. The third kappa shape index (κ3) is 5.89. The molecular formula is C20H23ClN2O4. The van der Waals surface area contributed by atoms with E-state index in [1.54, 1.807) is 31.3 Å². The first-order valence-corrected chi connectivity index (χ1v) is 8.83. The van der Waals surface area contributed by atoms with Crippen LogP contribution in [0.2, 0.25) is 5.02 Å². The molecule has 0 unspecified atom stereocenters. The van der Waals surface area contributed by atoms with E-state index in [2.05, 4.69) is 5.32 Å². The number of ether oxygens (including phenoxy) is 2. The molecule has 0 aliphatic heterocycles. The highest BCUT2D eigenvalue weighted by Gasteiger charge is 2.16. The van der Waals surface area contributed by atoms with E-state index in [1.165, 1.54) is 18.1 Å². The van der Waals surface area contributed by atoms with Crippen molar-refractivity contribution in [2.24, 2.45) is 0 Å².